The Morgan fingerprint density at radius 2 is 1.53 bits per heavy atom. The van der Waals surface area contributed by atoms with Crippen molar-refractivity contribution in [3.05, 3.63) is 107 Å². The Labute approximate surface area is 186 Å². The molecule has 0 saturated heterocycles. The third kappa shape index (κ3) is 4.71. The third-order valence-corrected chi connectivity index (χ3v) is 5.54. The van der Waals surface area contributed by atoms with Gasteiger partial charge >= 0.3 is 0 Å². The lowest BCUT2D eigenvalue weighted by atomic mass is 10.1. The van der Waals surface area contributed by atoms with Gasteiger partial charge in [-0.3, -0.25) is 14.8 Å². The molecule has 32 heavy (non-hydrogen) atoms. The summed E-state index contributed by atoms with van der Waals surface area (Å²) < 4.78 is 2.17. The van der Waals surface area contributed by atoms with Gasteiger partial charge in [-0.25, -0.2) is 5.48 Å². The molecule has 1 aromatic heterocycles. The van der Waals surface area contributed by atoms with E-state index in [9.17, 15) is 9.59 Å². The van der Waals surface area contributed by atoms with Crippen molar-refractivity contribution in [3.63, 3.8) is 0 Å². The normalized spacial score (nSPS) is 10.8. The van der Waals surface area contributed by atoms with Crippen molar-refractivity contribution in [1.29, 1.82) is 0 Å². The van der Waals surface area contributed by atoms with Crippen LogP contribution in [0.25, 0.3) is 10.9 Å². The minimum atomic E-state index is -0.530. The predicted octanol–water partition coefficient (Wildman–Crippen LogP) is 4.09. The van der Waals surface area contributed by atoms with E-state index in [1.807, 2.05) is 55.5 Å². The number of para-hydroxylation sites is 1. The first-order valence-corrected chi connectivity index (χ1v) is 10.5. The average Bonchev–Trinajstić information content (AvgIpc) is 3.17. The van der Waals surface area contributed by atoms with Crippen LogP contribution in [0.4, 0.5) is 0 Å². The standard InChI is InChI=1S/C26H25N3O3/c1-18-6-10-20(11-7-18)25(30)27-15-14-22-17-29(24-5-3-2-4-23(22)24)16-19-8-12-21(13-9-19)26(31)28-32/h2-13,17,32H,14-16H2,1H3,(H,27,30)(H,28,31). The lowest BCUT2D eigenvalue weighted by Crippen LogP contribution is -2.25. The fourth-order valence-electron chi connectivity index (χ4n) is 3.79. The average molecular weight is 428 g/mol. The van der Waals surface area contributed by atoms with Crippen molar-refractivity contribution < 1.29 is 14.8 Å². The number of aromatic nitrogens is 1. The number of hydroxylamine groups is 1. The van der Waals surface area contributed by atoms with Crippen LogP contribution in [0.1, 0.15) is 37.4 Å². The van der Waals surface area contributed by atoms with Gasteiger partial charge in [0.05, 0.1) is 0 Å². The number of nitrogens with zero attached hydrogens (tertiary/aromatic N) is 1. The maximum Gasteiger partial charge on any atom is 0.274 e. The molecule has 0 aliphatic rings. The molecule has 3 N–H and O–H groups in total. The summed E-state index contributed by atoms with van der Waals surface area (Å²) >= 11 is 0. The molecule has 162 valence electrons. The van der Waals surface area contributed by atoms with Crippen LogP contribution in [0.5, 0.6) is 0 Å². The molecular weight excluding hydrogens is 402 g/mol. The van der Waals surface area contributed by atoms with Crippen molar-refractivity contribution in [2.45, 2.75) is 19.9 Å². The van der Waals surface area contributed by atoms with Gasteiger partial charge in [0.15, 0.2) is 0 Å². The van der Waals surface area contributed by atoms with Crippen LogP contribution in [-0.4, -0.2) is 28.1 Å². The Bertz CT molecular complexity index is 1240. The van der Waals surface area contributed by atoms with Crippen molar-refractivity contribution in [3.8, 4) is 0 Å². The van der Waals surface area contributed by atoms with Crippen molar-refractivity contribution in [1.82, 2.24) is 15.4 Å². The minimum absolute atomic E-state index is 0.0688. The second-order valence-corrected chi connectivity index (χ2v) is 7.81. The Hall–Kier alpha value is -3.90. The van der Waals surface area contributed by atoms with Crippen LogP contribution in [0.3, 0.4) is 0 Å². The molecule has 1 heterocycles. The molecule has 4 rings (SSSR count). The molecule has 0 atom stereocenters. The van der Waals surface area contributed by atoms with Gasteiger partial charge in [0, 0.05) is 41.3 Å². The van der Waals surface area contributed by atoms with Gasteiger partial charge in [-0.2, -0.15) is 0 Å². The molecule has 0 radical (unpaired) electrons. The van der Waals surface area contributed by atoms with E-state index in [1.165, 1.54) is 5.56 Å². The van der Waals surface area contributed by atoms with Crippen LogP contribution in [0, 0.1) is 6.92 Å². The molecule has 6 heteroatoms. The van der Waals surface area contributed by atoms with Crippen molar-refractivity contribution >= 4 is 22.7 Å². The van der Waals surface area contributed by atoms with E-state index in [0.717, 1.165) is 28.5 Å². The van der Waals surface area contributed by atoms with E-state index in [2.05, 4.69) is 28.2 Å². The maximum absolute atomic E-state index is 12.4. The van der Waals surface area contributed by atoms with Gasteiger partial charge in [-0.15, -0.1) is 0 Å². The number of hydrogen-bond donors (Lipinski definition) is 3. The molecule has 0 unspecified atom stereocenters. The van der Waals surface area contributed by atoms with E-state index in [1.54, 1.807) is 17.6 Å². The van der Waals surface area contributed by atoms with E-state index in [4.69, 9.17) is 5.21 Å². The maximum atomic E-state index is 12.4. The zero-order chi connectivity index (χ0) is 22.5. The number of amides is 2. The molecule has 0 aliphatic heterocycles. The van der Waals surface area contributed by atoms with Crippen LogP contribution >= 0.6 is 0 Å². The first kappa shape index (κ1) is 21.3. The van der Waals surface area contributed by atoms with E-state index in [0.29, 0.717) is 24.2 Å². The highest BCUT2D eigenvalue weighted by molar-refractivity contribution is 5.94. The molecule has 3 aromatic carbocycles. The summed E-state index contributed by atoms with van der Waals surface area (Å²) in [6, 6.07) is 22.9. The Balaban J connectivity index is 1.47. The third-order valence-electron chi connectivity index (χ3n) is 5.54. The summed E-state index contributed by atoms with van der Waals surface area (Å²) in [6.45, 7) is 3.20. The number of hydrogen-bond acceptors (Lipinski definition) is 3. The van der Waals surface area contributed by atoms with Crippen LogP contribution < -0.4 is 10.8 Å². The number of carbonyl (C=O) groups is 2. The molecule has 6 nitrogen and oxygen atoms in total. The lowest BCUT2D eigenvalue weighted by Gasteiger charge is -2.07. The fraction of sp³-hybridized carbons (Fsp3) is 0.154. The number of benzene rings is 3. The molecule has 0 saturated carbocycles. The van der Waals surface area contributed by atoms with Crippen LogP contribution in [0.15, 0.2) is 79.0 Å². The van der Waals surface area contributed by atoms with Crippen LogP contribution in [0.2, 0.25) is 0 Å². The molecule has 0 aliphatic carbocycles. The number of carbonyl (C=O) groups excluding carboxylic acids is 2. The van der Waals surface area contributed by atoms with Gasteiger partial charge in [0.1, 0.15) is 0 Å². The molecule has 2 amide bonds. The molecule has 4 aromatic rings. The van der Waals surface area contributed by atoms with Crippen molar-refractivity contribution in [2.75, 3.05) is 6.54 Å². The minimum Gasteiger partial charge on any atom is -0.352 e. The second kappa shape index (κ2) is 9.49. The molecule has 0 spiro atoms. The number of fused-ring (bicyclic) bond motifs is 1. The zero-order valence-electron chi connectivity index (χ0n) is 17.8. The molecule has 0 fully saturated rings. The number of nitrogens with one attached hydrogen (secondary N) is 2. The number of rotatable bonds is 7. The topological polar surface area (TPSA) is 83.4 Å². The summed E-state index contributed by atoms with van der Waals surface area (Å²) in [7, 11) is 0. The van der Waals surface area contributed by atoms with Gasteiger partial charge in [-0.05, 0) is 54.8 Å². The number of aryl methyl sites for hydroxylation is 1. The Morgan fingerprint density at radius 1 is 0.875 bits per heavy atom. The quantitative estimate of drug-likeness (QED) is 0.307. The van der Waals surface area contributed by atoms with Gasteiger partial charge < -0.3 is 9.88 Å². The van der Waals surface area contributed by atoms with E-state index < -0.39 is 5.91 Å². The summed E-state index contributed by atoms with van der Waals surface area (Å²) in [4.78, 5) is 23.9. The van der Waals surface area contributed by atoms with E-state index in [-0.39, 0.29) is 5.91 Å². The molecule has 0 bridgehead atoms. The zero-order valence-corrected chi connectivity index (χ0v) is 17.8. The van der Waals surface area contributed by atoms with Gasteiger partial charge in [0.25, 0.3) is 11.8 Å². The van der Waals surface area contributed by atoms with Crippen LogP contribution in [-0.2, 0) is 13.0 Å². The highest BCUT2D eigenvalue weighted by atomic mass is 16.5. The Morgan fingerprint density at radius 3 is 2.25 bits per heavy atom. The monoisotopic (exact) mass is 427 g/mol. The van der Waals surface area contributed by atoms with E-state index >= 15 is 0 Å². The van der Waals surface area contributed by atoms with Crippen molar-refractivity contribution in [2.24, 2.45) is 0 Å². The SMILES string of the molecule is Cc1ccc(C(=O)NCCc2cn(Cc3ccc(C(=O)NO)cc3)c3ccccc23)cc1. The summed E-state index contributed by atoms with van der Waals surface area (Å²) in [5, 5.41) is 12.9. The fourth-order valence-corrected chi connectivity index (χ4v) is 3.79. The highest BCUT2D eigenvalue weighted by Gasteiger charge is 2.11. The largest absolute Gasteiger partial charge is 0.352 e. The highest BCUT2D eigenvalue weighted by Crippen LogP contribution is 2.23. The summed E-state index contributed by atoms with van der Waals surface area (Å²) in [5.74, 6) is -0.598. The van der Waals surface area contributed by atoms with Gasteiger partial charge in [-0.1, -0.05) is 48.0 Å². The summed E-state index contributed by atoms with van der Waals surface area (Å²) in [6.07, 6.45) is 2.85. The molecular formula is C26H25N3O3. The van der Waals surface area contributed by atoms with Gasteiger partial charge in [0.2, 0.25) is 0 Å². The smallest absolute Gasteiger partial charge is 0.274 e. The first-order valence-electron chi connectivity index (χ1n) is 10.5. The summed E-state index contributed by atoms with van der Waals surface area (Å²) in [5.41, 5.74) is 7.16. The predicted molar refractivity (Wildman–Crippen MR) is 124 cm³/mol. The lowest BCUT2D eigenvalue weighted by molar-refractivity contribution is 0.0706. The second-order valence-electron chi connectivity index (χ2n) is 7.81. The Kier molecular flexibility index (Phi) is 6.33. The first-order chi connectivity index (χ1) is 15.5.